The summed E-state index contributed by atoms with van der Waals surface area (Å²) in [5.74, 6) is -0.261. The average Bonchev–Trinajstić information content (AvgIpc) is 3.24. The van der Waals surface area contributed by atoms with E-state index in [1.807, 2.05) is 54.6 Å². The lowest BCUT2D eigenvalue weighted by Crippen LogP contribution is -2.50. The third-order valence-corrected chi connectivity index (χ3v) is 12.1. The molecule has 0 bridgehead atoms. The molecule has 3 amide bonds. The second kappa shape index (κ2) is 17.4. The van der Waals surface area contributed by atoms with E-state index in [0.29, 0.717) is 35.2 Å². The Morgan fingerprint density at radius 3 is 2.23 bits per heavy atom. The summed E-state index contributed by atoms with van der Waals surface area (Å²) in [6.45, 7) is 5.68. The predicted octanol–water partition coefficient (Wildman–Crippen LogP) is 6.34. The Bertz CT molecular complexity index is 2060. The summed E-state index contributed by atoms with van der Waals surface area (Å²) in [4.78, 5) is 52.5. The number of piperidine rings is 2. The molecule has 1 saturated carbocycles. The Morgan fingerprint density at radius 2 is 1.49 bits per heavy atom. The van der Waals surface area contributed by atoms with Crippen molar-refractivity contribution in [2.75, 3.05) is 61.3 Å². The molecule has 4 aromatic rings. The molecule has 3 N–H and O–H groups in total. The van der Waals surface area contributed by atoms with E-state index in [1.54, 1.807) is 12.1 Å². The van der Waals surface area contributed by atoms with Crippen molar-refractivity contribution in [2.45, 2.75) is 63.5 Å². The van der Waals surface area contributed by atoms with E-state index < -0.39 is 11.9 Å². The van der Waals surface area contributed by atoms with E-state index >= 15 is 4.39 Å². The molecule has 1 aliphatic carbocycles. The third-order valence-electron chi connectivity index (χ3n) is 12.1. The van der Waals surface area contributed by atoms with Crippen molar-refractivity contribution < 1.29 is 23.2 Å². The first-order chi connectivity index (χ1) is 27.8. The quantitative estimate of drug-likeness (QED) is 0.159. The van der Waals surface area contributed by atoms with Gasteiger partial charge in [-0.2, -0.15) is 0 Å². The molecule has 1 atom stereocenters. The number of rotatable bonds is 10. The lowest BCUT2D eigenvalue weighted by molar-refractivity contribution is -0.138. The van der Waals surface area contributed by atoms with E-state index in [1.165, 1.54) is 12.3 Å². The van der Waals surface area contributed by atoms with Gasteiger partial charge in [0.25, 0.3) is 0 Å². The highest BCUT2D eigenvalue weighted by Crippen LogP contribution is 2.32. The zero-order valence-corrected chi connectivity index (χ0v) is 32.1. The Labute approximate surface area is 332 Å². The number of hydrogen-bond acceptors (Lipinski definition) is 9. The molecule has 1 unspecified atom stereocenters. The van der Waals surface area contributed by atoms with Crippen molar-refractivity contribution in [1.29, 1.82) is 0 Å². The molecule has 3 aliphatic heterocycles. The van der Waals surface area contributed by atoms with Crippen LogP contribution in [0.25, 0.3) is 22.4 Å². The summed E-state index contributed by atoms with van der Waals surface area (Å²) >= 11 is 0. The molecule has 8 rings (SSSR count). The summed E-state index contributed by atoms with van der Waals surface area (Å²) < 4.78 is 30.2. The number of nitrogens with one attached hydrogen (secondary N) is 3. The lowest BCUT2D eigenvalue weighted by Gasteiger charge is -2.40. The van der Waals surface area contributed by atoms with Crippen molar-refractivity contribution in [3.8, 4) is 22.4 Å². The summed E-state index contributed by atoms with van der Waals surface area (Å²) in [5.41, 5.74) is 4.08. The van der Waals surface area contributed by atoms with Gasteiger partial charge in [0.05, 0.1) is 11.9 Å². The number of carbonyl (C=O) groups excluding carboxylic acids is 3. The lowest BCUT2D eigenvalue weighted by atomic mass is 9.84. The SMILES string of the molecule is O=C1CCC(Nc2ccc(N3CCN(CC4CCN(C(=O)C5CCC(Nc6ncc(F)c(-c7cccc(-c8ccccc8)c7)n6)CC5)CC4)CC3)c(F)c2)C(=O)N1. The minimum absolute atomic E-state index is 0.0146. The minimum Gasteiger partial charge on any atom is -0.374 e. The topological polar surface area (TPSA) is 123 Å². The second-order valence-corrected chi connectivity index (χ2v) is 15.9. The molecular formula is C44H50F2N8O3. The van der Waals surface area contributed by atoms with Crippen LogP contribution in [0.2, 0.25) is 0 Å². The Morgan fingerprint density at radius 1 is 0.754 bits per heavy atom. The maximum Gasteiger partial charge on any atom is 0.249 e. The molecule has 4 fully saturated rings. The molecule has 4 heterocycles. The van der Waals surface area contributed by atoms with Crippen LogP contribution in [0, 0.1) is 23.5 Å². The van der Waals surface area contributed by atoms with Gasteiger partial charge in [-0.3, -0.25) is 24.6 Å². The van der Waals surface area contributed by atoms with Gasteiger partial charge in [0, 0.05) is 75.4 Å². The predicted molar refractivity (Wildman–Crippen MR) is 216 cm³/mol. The van der Waals surface area contributed by atoms with Crippen LogP contribution in [0.1, 0.15) is 51.4 Å². The van der Waals surface area contributed by atoms with E-state index in [9.17, 15) is 18.8 Å². The minimum atomic E-state index is -0.555. The van der Waals surface area contributed by atoms with Gasteiger partial charge in [0.2, 0.25) is 23.7 Å². The number of hydrogen-bond donors (Lipinski definition) is 3. The molecule has 298 valence electrons. The Balaban J connectivity index is 0.756. The largest absolute Gasteiger partial charge is 0.374 e. The zero-order valence-electron chi connectivity index (χ0n) is 32.1. The van der Waals surface area contributed by atoms with Crippen LogP contribution in [-0.2, 0) is 14.4 Å². The van der Waals surface area contributed by atoms with Gasteiger partial charge < -0.3 is 20.4 Å². The summed E-state index contributed by atoms with van der Waals surface area (Å²) in [6.07, 6.45) is 7.09. The van der Waals surface area contributed by atoms with Gasteiger partial charge in [-0.25, -0.2) is 18.7 Å². The van der Waals surface area contributed by atoms with Crippen LogP contribution in [0.3, 0.4) is 0 Å². The number of benzene rings is 3. The monoisotopic (exact) mass is 776 g/mol. The summed E-state index contributed by atoms with van der Waals surface area (Å²) in [6, 6.07) is 22.3. The van der Waals surface area contributed by atoms with Crippen LogP contribution in [-0.4, -0.2) is 95.4 Å². The average molecular weight is 777 g/mol. The van der Waals surface area contributed by atoms with Crippen LogP contribution in [0.15, 0.2) is 79.0 Å². The van der Waals surface area contributed by atoms with E-state index in [0.717, 1.165) is 95.5 Å². The number of carbonyl (C=O) groups is 3. The van der Waals surface area contributed by atoms with Crippen LogP contribution in [0.4, 0.5) is 26.1 Å². The molecule has 13 heteroatoms. The Kier molecular flexibility index (Phi) is 11.7. The smallest absolute Gasteiger partial charge is 0.249 e. The standard InChI is InChI=1S/C44H50F2N8O3/c45-36-26-35(48-38-14-16-40(55)50-42(38)56)13-15-39(36)53-23-21-52(22-24-53)28-29-17-19-54(20-18-29)43(57)31-9-11-34(12-10-31)49-44-47-27-37(46)41(51-44)33-8-4-7-32(25-33)30-5-2-1-3-6-30/h1-8,13,15,25-27,29,31,34,38,48H,9-12,14,16-24,28H2,(H,47,49,51)(H,50,55,56). The first kappa shape index (κ1) is 38.4. The van der Waals surface area contributed by atoms with Crippen molar-refractivity contribution in [2.24, 2.45) is 11.8 Å². The molecule has 1 aromatic heterocycles. The fraction of sp³-hybridized carbons (Fsp3) is 0.432. The highest BCUT2D eigenvalue weighted by atomic mass is 19.1. The molecular weight excluding hydrogens is 727 g/mol. The third kappa shape index (κ3) is 9.25. The van der Waals surface area contributed by atoms with Crippen LogP contribution in [0.5, 0.6) is 0 Å². The number of aromatic nitrogens is 2. The van der Waals surface area contributed by atoms with Gasteiger partial charge in [-0.05, 0) is 86.3 Å². The van der Waals surface area contributed by atoms with Crippen LogP contribution >= 0.6 is 0 Å². The highest BCUT2D eigenvalue weighted by Gasteiger charge is 2.33. The maximum atomic E-state index is 15.2. The van der Waals surface area contributed by atoms with E-state index in [2.05, 4.69) is 40.6 Å². The summed E-state index contributed by atoms with van der Waals surface area (Å²) in [7, 11) is 0. The number of nitrogens with zero attached hydrogens (tertiary/aromatic N) is 5. The molecule has 3 aromatic carbocycles. The molecule has 0 radical (unpaired) electrons. The van der Waals surface area contributed by atoms with E-state index in [-0.39, 0.29) is 47.6 Å². The highest BCUT2D eigenvalue weighted by molar-refractivity contribution is 6.01. The van der Waals surface area contributed by atoms with E-state index in [4.69, 9.17) is 0 Å². The fourth-order valence-electron chi connectivity index (χ4n) is 8.80. The number of halogens is 2. The van der Waals surface area contributed by atoms with Crippen LogP contribution < -0.4 is 20.9 Å². The normalized spacial score (nSPS) is 22.2. The van der Waals surface area contributed by atoms with Gasteiger partial charge in [-0.1, -0.05) is 48.5 Å². The first-order valence-electron chi connectivity index (χ1n) is 20.4. The number of likely N-dealkylation sites (tertiary alicyclic amines) is 1. The van der Waals surface area contributed by atoms with Gasteiger partial charge in [-0.15, -0.1) is 0 Å². The molecule has 3 saturated heterocycles. The van der Waals surface area contributed by atoms with Crippen molar-refractivity contribution in [1.82, 2.24) is 25.1 Å². The molecule has 11 nitrogen and oxygen atoms in total. The van der Waals surface area contributed by atoms with Crippen molar-refractivity contribution >= 4 is 35.0 Å². The molecule has 0 spiro atoms. The molecule has 4 aliphatic rings. The molecule has 57 heavy (non-hydrogen) atoms. The van der Waals surface area contributed by atoms with Crippen molar-refractivity contribution in [3.05, 3.63) is 90.6 Å². The van der Waals surface area contributed by atoms with Gasteiger partial charge >= 0.3 is 0 Å². The van der Waals surface area contributed by atoms with Gasteiger partial charge in [0.15, 0.2) is 5.82 Å². The maximum absolute atomic E-state index is 15.2. The second-order valence-electron chi connectivity index (χ2n) is 15.9. The number of imide groups is 1. The fourth-order valence-corrected chi connectivity index (χ4v) is 8.80. The number of amides is 3. The Hall–Kier alpha value is -5.43. The zero-order chi connectivity index (χ0) is 39.3. The van der Waals surface area contributed by atoms with Crippen molar-refractivity contribution in [3.63, 3.8) is 0 Å². The summed E-state index contributed by atoms with van der Waals surface area (Å²) in [5, 5.41) is 8.79. The number of anilines is 3. The number of piperazine rings is 1. The first-order valence-corrected chi connectivity index (χ1v) is 20.4. The van der Waals surface area contributed by atoms with Gasteiger partial charge in [0.1, 0.15) is 17.6 Å².